The van der Waals surface area contributed by atoms with E-state index < -0.39 is 17.5 Å². The number of para-hydroxylation sites is 1. The number of fused-ring (bicyclic) bond motifs is 2. The van der Waals surface area contributed by atoms with Crippen LogP contribution in [0.2, 0.25) is 0 Å². The van der Waals surface area contributed by atoms with Gasteiger partial charge < -0.3 is 34.3 Å². The topological polar surface area (TPSA) is 179 Å². The van der Waals surface area contributed by atoms with Crippen molar-refractivity contribution < 1.29 is 38.4 Å². The van der Waals surface area contributed by atoms with Gasteiger partial charge in [-0.2, -0.15) is 5.10 Å². The first-order chi connectivity index (χ1) is 32.4. The first-order valence-electron chi connectivity index (χ1n) is 23.9. The molecule has 10 rings (SSSR count). The minimum absolute atomic E-state index is 0.00107. The second-order valence-electron chi connectivity index (χ2n) is 21.4. The molecule has 3 aromatic heterocycles. The van der Waals surface area contributed by atoms with Crippen molar-refractivity contribution in [2.75, 3.05) is 62.9 Å². The highest BCUT2D eigenvalue weighted by atomic mass is 32.1. The summed E-state index contributed by atoms with van der Waals surface area (Å²) in [5, 5.41) is 20.8. The predicted molar refractivity (Wildman–Crippen MR) is 261 cm³/mol. The number of carboxylic acids is 1. The molecule has 5 aliphatic rings. The van der Waals surface area contributed by atoms with Crippen molar-refractivity contribution in [1.29, 1.82) is 0 Å². The number of nitrogens with one attached hydrogen (secondary N) is 2. The van der Waals surface area contributed by atoms with Gasteiger partial charge in [-0.3, -0.25) is 14.8 Å². The van der Waals surface area contributed by atoms with Crippen LogP contribution in [0.4, 0.5) is 10.9 Å². The molecule has 1 amide bonds. The zero-order valence-electron chi connectivity index (χ0n) is 40.2. The molecule has 4 bridgehead atoms. The third kappa shape index (κ3) is 10.5. The average Bonchev–Trinajstić information content (AvgIpc) is 3.84. The van der Waals surface area contributed by atoms with Crippen LogP contribution in [0.15, 0.2) is 60.8 Å². The molecular weight excluding hydrogens is 883 g/mol. The largest absolute Gasteiger partial charge is 0.480 e. The van der Waals surface area contributed by atoms with Crippen LogP contribution in [0.25, 0.3) is 21.3 Å². The van der Waals surface area contributed by atoms with E-state index in [-0.39, 0.29) is 46.7 Å². The normalized spacial score (nSPS) is 24.1. The molecule has 4 fully saturated rings. The fourth-order valence-electron chi connectivity index (χ4n) is 12.7. The van der Waals surface area contributed by atoms with Gasteiger partial charge in [0.05, 0.1) is 48.4 Å². The van der Waals surface area contributed by atoms with Gasteiger partial charge in [-0.1, -0.05) is 49.4 Å². The number of rotatable bonds is 19. The van der Waals surface area contributed by atoms with Gasteiger partial charge in [-0.15, -0.1) is 0 Å². The van der Waals surface area contributed by atoms with E-state index in [0.29, 0.717) is 74.5 Å². The van der Waals surface area contributed by atoms with Crippen LogP contribution in [0.3, 0.4) is 0 Å². The maximum absolute atomic E-state index is 14.2. The SMILES string of the molecule is Cc1c(-c2ccc(N3CCc4cccc(C(=O)Nc5nc6ccccc6s5)c4C3)nc2C(=O)OC(C)(C)C)cnn1CC12CC3(C)CC(C)(C1)CC(OCCNCCOCCOCC(=O)O)(C3)C2. The molecule has 0 saturated heterocycles. The van der Waals surface area contributed by atoms with Crippen molar-refractivity contribution in [2.45, 2.75) is 111 Å². The van der Waals surface area contributed by atoms with Crippen LogP contribution >= 0.6 is 11.3 Å². The zero-order chi connectivity index (χ0) is 47.9. The number of pyridine rings is 1. The maximum Gasteiger partial charge on any atom is 0.358 e. The van der Waals surface area contributed by atoms with Gasteiger partial charge in [0, 0.05) is 55.1 Å². The smallest absolute Gasteiger partial charge is 0.358 e. The zero-order valence-corrected chi connectivity index (χ0v) is 41.1. The summed E-state index contributed by atoms with van der Waals surface area (Å²) in [4.78, 5) is 50.5. The molecule has 4 heterocycles. The molecule has 2 atom stereocenters. The van der Waals surface area contributed by atoms with E-state index in [1.54, 1.807) is 0 Å². The van der Waals surface area contributed by atoms with Gasteiger partial charge in [0.1, 0.15) is 18.0 Å². The van der Waals surface area contributed by atoms with Crippen molar-refractivity contribution in [3.63, 3.8) is 0 Å². The summed E-state index contributed by atoms with van der Waals surface area (Å²) in [5.41, 5.74) is 5.59. The second-order valence-corrected chi connectivity index (χ2v) is 22.5. The molecule has 15 nitrogen and oxygen atoms in total. The fourth-order valence-corrected chi connectivity index (χ4v) is 13.6. The Labute approximate surface area is 402 Å². The number of carboxylic acid groups (broad SMARTS) is 1. The lowest BCUT2D eigenvalue weighted by molar-refractivity contribution is -0.247. The summed E-state index contributed by atoms with van der Waals surface area (Å²) in [5.74, 6) is -1.06. The number of aromatic nitrogens is 4. The van der Waals surface area contributed by atoms with Crippen molar-refractivity contribution >= 4 is 50.3 Å². The Hall–Kier alpha value is -5.26. The van der Waals surface area contributed by atoms with E-state index in [2.05, 4.69) is 52.0 Å². The van der Waals surface area contributed by atoms with Crippen molar-refractivity contribution in [2.24, 2.45) is 16.2 Å². The number of carbonyl (C=O) groups excluding carboxylic acids is 2. The van der Waals surface area contributed by atoms with Crippen molar-refractivity contribution in [1.82, 2.24) is 25.1 Å². The van der Waals surface area contributed by atoms with Gasteiger partial charge in [-0.25, -0.2) is 19.6 Å². The van der Waals surface area contributed by atoms with E-state index in [1.165, 1.54) is 17.8 Å². The van der Waals surface area contributed by atoms with Crippen LogP contribution in [0.1, 0.15) is 111 Å². The van der Waals surface area contributed by atoms with Crippen molar-refractivity contribution in [3.8, 4) is 11.1 Å². The Morgan fingerprint density at radius 2 is 1.62 bits per heavy atom. The van der Waals surface area contributed by atoms with Gasteiger partial charge in [0.2, 0.25) is 0 Å². The number of ether oxygens (including phenoxy) is 4. The fraction of sp³-hybridized carbons (Fsp3) is 0.538. The predicted octanol–water partition coefficient (Wildman–Crippen LogP) is 8.48. The van der Waals surface area contributed by atoms with E-state index in [0.717, 1.165) is 71.2 Å². The first kappa shape index (κ1) is 47.8. The Bertz CT molecular complexity index is 2640. The third-order valence-corrected chi connectivity index (χ3v) is 15.0. The number of carbonyl (C=O) groups is 3. The minimum Gasteiger partial charge on any atom is -0.480 e. The lowest BCUT2D eigenvalue weighted by Gasteiger charge is -2.69. The van der Waals surface area contributed by atoms with Gasteiger partial charge in [0.25, 0.3) is 5.91 Å². The van der Waals surface area contributed by atoms with Crippen LogP contribution < -0.4 is 15.5 Å². The highest BCUT2D eigenvalue weighted by molar-refractivity contribution is 7.22. The van der Waals surface area contributed by atoms with Crippen molar-refractivity contribution in [3.05, 3.63) is 88.9 Å². The van der Waals surface area contributed by atoms with Crippen LogP contribution in [0.5, 0.6) is 0 Å². The van der Waals surface area contributed by atoms with Gasteiger partial charge >= 0.3 is 11.9 Å². The number of nitrogens with zero attached hydrogens (tertiary/aromatic N) is 5. The quantitative estimate of drug-likeness (QED) is 0.0531. The number of amides is 1. The maximum atomic E-state index is 14.2. The lowest BCUT2D eigenvalue weighted by atomic mass is 9.39. The number of benzene rings is 2. The van der Waals surface area contributed by atoms with Gasteiger partial charge in [-0.05, 0) is 130 Å². The first-order valence-corrected chi connectivity index (χ1v) is 24.7. The van der Waals surface area contributed by atoms with Crippen LogP contribution in [0, 0.1) is 23.2 Å². The van der Waals surface area contributed by atoms with Crippen LogP contribution in [-0.2, 0) is 43.3 Å². The van der Waals surface area contributed by atoms with Crippen LogP contribution in [-0.4, -0.2) is 107 Å². The molecule has 2 unspecified atom stereocenters. The molecule has 362 valence electrons. The molecule has 4 aliphatic carbocycles. The Morgan fingerprint density at radius 3 is 2.38 bits per heavy atom. The molecule has 1 aliphatic heterocycles. The van der Waals surface area contributed by atoms with E-state index >= 15 is 0 Å². The number of anilines is 2. The molecule has 2 aromatic carbocycles. The standard InChI is InChI=1S/C52H65N7O8S/c1-34-38(24-54-59(34)33-51-28-49(5)27-50(6,29-51)31-52(30-49,32-51)66-21-18-53-17-20-64-22-23-65-26-43(60)61)36-14-15-42(56-44(36)46(63)67-48(2,3)4)58-19-16-35-10-9-11-37(39(35)25-58)45(62)57-47-55-40-12-7-8-13-41(40)68-47/h7-15,24,53H,16-23,25-33H2,1-6H3,(H,60,61)(H,55,57,62). The summed E-state index contributed by atoms with van der Waals surface area (Å²) < 4.78 is 26.7. The molecule has 5 aromatic rings. The summed E-state index contributed by atoms with van der Waals surface area (Å²) >= 11 is 1.45. The Morgan fingerprint density at radius 1 is 0.853 bits per heavy atom. The van der Waals surface area contributed by atoms with E-state index in [9.17, 15) is 14.4 Å². The van der Waals surface area contributed by atoms with E-state index in [1.807, 2.05) is 75.5 Å². The molecule has 0 spiro atoms. The summed E-state index contributed by atoms with van der Waals surface area (Å²) in [6.45, 7) is 17.2. The number of esters is 1. The molecule has 4 saturated carbocycles. The lowest BCUT2D eigenvalue weighted by Crippen LogP contribution is -2.64. The summed E-state index contributed by atoms with van der Waals surface area (Å²) in [6, 6.07) is 17.7. The minimum atomic E-state index is -0.986. The Balaban J connectivity index is 0.908. The highest BCUT2D eigenvalue weighted by Gasteiger charge is 2.66. The number of aliphatic carboxylic acids is 1. The molecular formula is C52H65N7O8S. The highest BCUT2D eigenvalue weighted by Crippen LogP contribution is 2.72. The van der Waals surface area contributed by atoms with Gasteiger partial charge in [0.15, 0.2) is 10.8 Å². The number of hydrogen-bond donors (Lipinski definition) is 3. The summed E-state index contributed by atoms with van der Waals surface area (Å²) in [6.07, 6.45) is 9.10. The number of hydrogen-bond acceptors (Lipinski definition) is 13. The molecule has 68 heavy (non-hydrogen) atoms. The summed E-state index contributed by atoms with van der Waals surface area (Å²) in [7, 11) is 0. The van der Waals surface area contributed by atoms with E-state index in [4.69, 9.17) is 34.1 Å². The second kappa shape index (κ2) is 18.9. The third-order valence-electron chi connectivity index (χ3n) is 14.1. The Kier molecular flexibility index (Phi) is 13.3. The average molecular weight is 948 g/mol. The monoisotopic (exact) mass is 947 g/mol. The molecule has 3 N–H and O–H groups in total. The molecule has 0 radical (unpaired) electrons. The molecule has 16 heteroatoms. The number of thiazole rings is 1.